The molecule has 0 heterocycles. The van der Waals surface area contributed by atoms with Crippen molar-refractivity contribution in [1.29, 1.82) is 0 Å². The Bertz CT molecular complexity index is 792. The molecule has 2 N–H and O–H groups in total. The number of hydrogen-bond donors (Lipinski definition) is 2. The van der Waals surface area contributed by atoms with Crippen LogP contribution in [0.2, 0.25) is 0 Å². The fraction of sp³-hybridized carbons (Fsp3) is 0.500. The SMILES string of the molecule is CCCCN(C)C(=O)COC(=O)[C@H](C)NS(=O)(=O)c1ccc(NC(C)=O)cc1. The number of rotatable bonds is 10. The van der Waals surface area contributed by atoms with E-state index in [4.69, 9.17) is 4.74 Å². The number of nitrogens with zero attached hydrogens (tertiary/aromatic N) is 1. The van der Waals surface area contributed by atoms with Crippen molar-refractivity contribution in [3.63, 3.8) is 0 Å². The van der Waals surface area contributed by atoms with Crippen LogP contribution in [0.1, 0.15) is 33.6 Å². The van der Waals surface area contributed by atoms with Crippen LogP contribution in [-0.4, -0.2) is 57.3 Å². The Hall–Kier alpha value is -2.46. The lowest BCUT2D eigenvalue weighted by molar-refractivity contribution is -0.152. The summed E-state index contributed by atoms with van der Waals surface area (Å²) in [5, 5.41) is 2.53. The highest BCUT2D eigenvalue weighted by atomic mass is 32.2. The van der Waals surface area contributed by atoms with Gasteiger partial charge in [0.15, 0.2) is 6.61 Å². The smallest absolute Gasteiger partial charge is 0.324 e. The molecule has 1 atom stereocenters. The van der Waals surface area contributed by atoms with Gasteiger partial charge in [-0.1, -0.05) is 13.3 Å². The molecule has 28 heavy (non-hydrogen) atoms. The van der Waals surface area contributed by atoms with Crippen molar-refractivity contribution in [2.24, 2.45) is 0 Å². The van der Waals surface area contributed by atoms with E-state index in [0.29, 0.717) is 12.2 Å². The Labute approximate surface area is 165 Å². The first kappa shape index (κ1) is 23.6. The van der Waals surface area contributed by atoms with E-state index >= 15 is 0 Å². The van der Waals surface area contributed by atoms with Gasteiger partial charge in [-0.3, -0.25) is 14.4 Å². The van der Waals surface area contributed by atoms with Crippen LogP contribution in [0.3, 0.4) is 0 Å². The molecule has 0 radical (unpaired) electrons. The van der Waals surface area contributed by atoms with Gasteiger partial charge in [0.05, 0.1) is 4.90 Å². The van der Waals surface area contributed by atoms with Crippen LogP contribution in [-0.2, 0) is 29.1 Å². The van der Waals surface area contributed by atoms with Crippen molar-refractivity contribution in [3.8, 4) is 0 Å². The summed E-state index contributed by atoms with van der Waals surface area (Å²) in [4.78, 5) is 36.3. The van der Waals surface area contributed by atoms with Crippen LogP contribution < -0.4 is 10.0 Å². The van der Waals surface area contributed by atoms with Crippen LogP contribution in [0.15, 0.2) is 29.2 Å². The van der Waals surface area contributed by atoms with Crippen LogP contribution in [0, 0.1) is 0 Å². The van der Waals surface area contributed by atoms with E-state index in [2.05, 4.69) is 10.0 Å². The first-order valence-electron chi connectivity index (χ1n) is 8.87. The van der Waals surface area contributed by atoms with Crippen molar-refractivity contribution in [2.45, 2.75) is 44.6 Å². The highest BCUT2D eigenvalue weighted by Gasteiger charge is 2.24. The molecule has 0 aromatic heterocycles. The lowest BCUT2D eigenvalue weighted by Crippen LogP contribution is -2.41. The average molecular weight is 413 g/mol. The zero-order valence-corrected chi connectivity index (χ0v) is 17.3. The maximum Gasteiger partial charge on any atom is 0.324 e. The summed E-state index contributed by atoms with van der Waals surface area (Å²) in [6.07, 6.45) is 1.77. The van der Waals surface area contributed by atoms with Gasteiger partial charge in [-0.15, -0.1) is 0 Å². The summed E-state index contributed by atoms with van der Waals surface area (Å²) in [5.41, 5.74) is 0.449. The minimum Gasteiger partial charge on any atom is -0.454 e. The Kier molecular flexibility index (Phi) is 9.07. The van der Waals surface area contributed by atoms with Gasteiger partial charge in [-0.25, -0.2) is 8.42 Å². The van der Waals surface area contributed by atoms with E-state index in [1.807, 2.05) is 6.92 Å². The Morgan fingerprint density at radius 1 is 1.18 bits per heavy atom. The van der Waals surface area contributed by atoms with E-state index in [9.17, 15) is 22.8 Å². The van der Waals surface area contributed by atoms with Crippen LogP contribution in [0.25, 0.3) is 0 Å². The third-order valence-electron chi connectivity index (χ3n) is 3.78. The number of amides is 2. The van der Waals surface area contributed by atoms with Gasteiger partial charge in [-0.05, 0) is 37.6 Å². The molecular formula is C18H27N3O6S. The highest BCUT2D eigenvalue weighted by molar-refractivity contribution is 7.89. The number of sulfonamides is 1. The second-order valence-corrected chi connectivity index (χ2v) is 8.04. The lowest BCUT2D eigenvalue weighted by atomic mass is 10.3. The minimum absolute atomic E-state index is 0.0726. The molecule has 0 aliphatic carbocycles. The summed E-state index contributed by atoms with van der Waals surface area (Å²) in [6, 6.07) is 4.30. The molecule has 9 nitrogen and oxygen atoms in total. The molecule has 0 unspecified atom stereocenters. The molecule has 156 valence electrons. The van der Waals surface area contributed by atoms with Crippen LogP contribution in [0.5, 0.6) is 0 Å². The lowest BCUT2D eigenvalue weighted by Gasteiger charge is -2.18. The maximum absolute atomic E-state index is 12.4. The molecule has 0 aliphatic heterocycles. The van der Waals surface area contributed by atoms with Gasteiger partial charge in [0.25, 0.3) is 5.91 Å². The van der Waals surface area contributed by atoms with Gasteiger partial charge < -0.3 is 15.0 Å². The molecule has 0 saturated heterocycles. The van der Waals surface area contributed by atoms with Crippen molar-refractivity contribution >= 4 is 33.5 Å². The Morgan fingerprint density at radius 2 is 1.79 bits per heavy atom. The number of esters is 1. The third kappa shape index (κ3) is 7.65. The molecule has 1 aromatic carbocycles. The number of benzene rings is 1. The first-order valence-corrected chi connectivity index (χ1v) is 10.4. The van der Waals surface area contributed by atoms with Gasteiger partial charge in [0.2, 0.25) is 15.9 Å². The molecule has 0 fully saturated rings. The summed E-state index contributed by atoms with van der Waals surface area (Å²) in [5.74, 6) is -1.49. The third-order valence-corrected chi connectivity index (χ3v) is 5.34. The van der Waals surface area contributed by atoms with Gasteiger partial charge in [0.1, 0.15) is 6.04 Å². The van der Waals surface area contributed by atoms with E-state index < -0.39 is 28.6 Å². The first-order chi connectivity index (χ1) is 13.1. The molecule has 1 aromatic rings. The quantitative estimate of drug-likeness (QED) is 0.554. The monoisotopic (exact) mass is 413 g/mol. The number of ether oxygens (including phenoxy) is 1. The van der Waals surface area contributed by atoms with Gasteiger partial charge in [0, 0.05) is 26.2 Å². The van der Waals surface area contributed by atoms with Gasteiger partial charge in [-0.2, -0.15) is 4.72 Å². The zero-order valence-electron chi connectivity index (χ0n) is 16.5. The molecule has 0 aliphatic rings. The number of nitrogens with one attached hydrogen (secondary N) is 2. The van der Waals surface area contributed by atoms with E-state index in [1.54, 1.807) is 7.05 Å². The van der Waals surface area contributed by atoms with Crippen LogP contribution in [0.4, 0.5) is 5.69 Å². The largest absolute Gasteiger partial charge is 0.454 e. The minimum atomic E-state index is -3.98. The number of hydrogen-bond acceptors (Lipinski definition) is 6. The topological polar surface area (TPSA) is 122 Å². The Morgan fingerprint density at radius 3 is 2.32 bits per heavy atom. The second kappa shape index (κ2) is 10.8. The van der Waals surface area contributed by atoms with E-state index in [0.717, 1.165) is 12.8 Å². The number of unbranched alkanes of at least 4 members (excludes halogenated alkanes) is 1. The van der Waals surface area contributed by atoms with Crippen molar-refractivity contribution in [2.75, 3.05) is 25.5 Å². The molecule has 2 amide bonds. The fourth-order valence-electron chi connectivity index (χ4n) is 2.16. The number of carbonyl (C=O) groups is 3. The van der Waals surface area contributed by atoms with Crippen molar-refractivity contribution in [3.05, 3.63) is 24.3 Å². The summed E-state index contributed by atoms with van der Waals surface area (Å²) in [7, 11) is -2.36. The normalized spacial score (nSPS) is 12.1. The molecule has 1 rings (SSSR count). The van der Waals surface area contributed by atoms with Crippen molar-refractivity contribution < 1.29 is 27.5 Å². The van der Waals surface area contributed by atoms with Crippen molar-refractivity contribution in [1.82, 2.24) is 9.62 Å². The predicted octanol–water partition coefficient (Wildman–Crippen LogP) is 1.11. The Balaban J connectivity index is 2.62. The number of likely N-dealkylation sites (N-methyl/N-ethyl adjacent to an activating group) is 1. The number of carbonyl (C=O) groups excluding carboxylic acids is 3. The molecule has 10 heteroatoms. The average Bonchev–Trinajstić information content (AvgIpc) is 2.63. The van der Waals surface area contributed by atoms with E-state index in [-0.39, 0.29) is 16.7 Å². The maximum atomic E-state index is 12.4. The number of anilines is 1. The standard InChI is InChI=1S/C18H27N3O6S/c1-5-6-11-21(4)17(23)12-27-18(24)13(2)20-28(25,26)16-9-7-15(8-10-16)19-14(3)22/h7-10,13,20H,5-6,11-12H2,1-4H3,(H,19,22)/t13-/m0/s1. The summed E-state index contributed by atoms with van der Waals surface area (Å²) < 4.78 is 31.8. The molecule has 0 spiro atoms. The second-order valence-electron chi connectivity index (χ2n) is 6.33. The van der Waals surface area contributed by atoms with Gasteiger partial charge >= 0.3 is 5.97 Å². The zero-order chi connectivity index (χ0) is 21.3. The van der Waals surface area contributed by atoms with E-state index in [1.165, 1.54) is 43.0 Å². The fourth-order valence-corrected chi connectivity index (χ4v) is 3.35. The highest BCUT2D eigenvalue weighted by Crippen LogP contribution is 2.14. The summed E-state index contributed by atoms with van der Waals surface area (Å²) in [6.45, 7) is 4.78. The predicted molar refractivity (Wildman–Crippen MR) is 104 cm³/mol. The molecule has 0 saturated carbocycles. The summed E-state index contributed by atoms with van der Waals surface area (Å²) >= 11 is 0. The van der Waals surface area contributed by atoms with Crippen LogP contribution >= 0.6 is 0 Å². The molecule has 0 bridgehead atoms. The molecular weight excluding hydrogens is 386 g/mol.